The quantitative estimate of drug-likeness (QED) is 0.375. The van der Waals surface area contributed by atoms with E-state index in [9.17, 15) is 8.78 Å². The third kappa shape index (κ3) is 4.26. The monoisotopic (exact) mass is 451 g/mol. The van der Waals surface area contributed by atoms with Crippen LogP contribution < -0.4 is 4.74 Å². The van der Waals surface area contributed by atoms with Gasteiger partial charge in [0, 0.05) is 23.4 Å². The second-order valence-electron chi connectivity index (χ2n) is 8.15. The fourth-order valence-electron chi connectivity index (χ4n) is 4.28. The van der Waals surface area contributed by atoms with E-state index in [2.05, 4.69) is 10.1 Å². The molecule has 0 aliphatic heterocycles. The molecule has 0 saturated carbocycles. The number of halogens is 2. The van der Waals surface area contributed by atoms with Gasteiger partial charge < -0.3 is 18.6 Å². The average molecular weight is 451 g/mol. The minimum absolute atomic E-state index is 0.0850. The number of hydrogen-bond donors (Lipinski definition) is 0. The summed E-state index contributed by atoms with van der Waals surface area (Å²) < 4.78 is 46.2. The lowest BCUT2D eigenvalue weighted by atomic mass is 9.92. The topological polar surface area (TPSA) is 62.3 Å². The molecule has 5 rings (SSSR count). The molecular weight excluding hydrogens is 428 g/mol. The lowest BCUT2D eigenvalue weighted by molar-refractivity contribution is 0.00994. The first-order valence-electron chi connectivity index (χ1n) is 10.8. The Morgan fingerprint density at radius 2 is 1.97 bits per heavy atom. The summed E-state index contributed by atoms with van der Waals surface area (Å²) in [6.07, 6.45) is 5.82. The third-order valence-corrected chi connectivity index (χ3v) is 5.82. The smallest absolute Gasteiger partial charge is 0.169 e. The van der Waals surface area contributed by atoms with Crippen LogP contribution in [0.15, 0.2) is 53.4 Å². The van der Waals surface area contributed by atoms with Crippen molar-refractivity contribution in [3.63, 3.8) is 0 Å². The molecule has 1 atom stereocenters. The molecule has 2 aromatic carbocycles. The van der Waals surface area contributed by atoms with Crippen molar-refractivity contribution in [2.45, 2.75) is 38.9 Å². The lowest BCUT2D eigenvalue weighted by Gasteiger charge is -2.21. The zero-order valence-corrected chi connectivity index (χ0v) is 18.3. The first-order chi connectivity index (χ1) is 16.0. The van der Waals surface area contributed by atoms with Crippen molar-refractivity contribution >= 4 is 0 Å². The van der Waals surface area contributed by atoms with Gasteiger partial charge in [-0.05, 0) is 56.0 Å². The van der Waals surface area contributed by atoms with Gasteiger partial charge >= 0.3 is 0 Å². The maximum Gasteiger partial charge on any atom is 0.169 e. The predicted molar refractivity (Wildman–Crippen MR) is 117 cm³/mol. The van der Waals surface area contributed by atoms with E-state index in [0.29, 0.717) is 17.1 Å². The first-order valence-corrected chi connectivity index (χ1v) is 10.8. The van der Waals surface area contributed by atoms with Gasteiger partial charge in [0.15, 0.2) is 5.76 Å². The lowest BCUT2D eigenvalue weighted by Crippen LogP contribution is -2.12. The molecule has 2 heterocycles. The fourth-order valence-corrected chi connectivity index (χ4v) is 4.28. The summed E-state index contributed by atoms with van der Waals surface area (Å²) in [6.45, 7) is 2.02. The first kappa shape index (κ1) is 21.3. The Balaban J connectivity index is 1.41. The molecular formula is C25H23F2N3O3. The van der Waals surface area contributed by atoms with Crippen LogP contribution in [0.2, 0.25) is 0 Å². The van der Waals surface area contributed by atoms with Gasteiger partial charge in [-0.2, -0.15) is 0 Å². The minimum Gasteiger partial charge on any atom is -0.495 e. The Morgan fingerprint density at radius 3 is 2.70 bits per heavy atom. The molecule has 1 unspecified atom stereocenters. The van der Waals surface area contributed by atoms with Crippen LogP contribution in [0.25, 0.3) is 16.9 Å². The van der Waals surface area contributed by atoms with E-state index < -0.39 is 11.6 Å². The third-order valence-electron chi connectivity index (χ3n) is 5.82. The second kappa shape index (κ2) is 8.78. The summed E-state index contributed by atoms with van der Waals surface area (Å²) in [5.74, 6) is 0.117. The molecule has 33 heavy (non-hydrogen) atoms. The van der Waals surface area contributed by atoms with Crippen molar-refractivity contribution in [3.8, 4) is 22.7 Å². The molecule has 8 heteroatoms. The Kier molecular flexibility index (Phi) is 5.68. The zero-order valence-electron chi connectivity index (χ0n) is 18.3. The molecule has 170 valence electrons. The Hall–Kier alpha value is -3.52. The van der Waals surface area contributed by atoms with Crippen LogP contribution in [-0.2, 0) is 17.8 Å². The number of methoxy groups -OCH3 is 1. The largest absolute Gasteiger partial charge is 0.495 e. The van der Waals surface area contributed by atoms with E-state index in [-0.39, 0.29) is 12.7 Å². The molecule has 0 amide bonds. The second-order valence-corrected chi connectivity index (χ2v) is 8.15. The highest BCUT2D eigenvalue weighted by Crippen LogP contribution is 2.40. The number of aryl methyl sites for hydroxylation is 1. The minimum atomic E-state index is -0.622. The molecule has 1 aliphatic carbocycles. The molecule has 0 bridgehead atoms. The van der Waals surface area contributed by atoms with Crippen molar-refractivity contribution in [1.29, 1.82) is 0 Å². The average Bonchev–Trinajstić information content (AvgIpc) is 3.43. The molecule has 0 fully saturated rings. The van der Waals surface area contributed by atoms with Crippen molar-refractivity contribution in [2.75, 3.05) is 7.11 Å². The van der Waals surface area contributed by atoms with Crippen LogP contribution in [0, 0.1) is 18.6 Å². The Bertz CT molecular complexity index is 1280. The van der Waals surface area contributed by atoms with Gasteiger partial charge in [-0.25, -0.2) is 13.8 Å². The normalized spacial score (nSPS) is 15.5. The highest BCUT2D eigenvalue weighted by molar-refractivity contribution is 5.68. The van der Waals surface area contributed by atoms with Crippen LogP contribution in [-0.4, -0.2) is 21.8 Å². The van der Waals surface area contributed by atoms with Gasteiger partial charge in [0.1, 0.15) is 29.2 Å². The van der Waals surface area contributed by atoms with Crippen LogP contribution in [0.1, 0.15) is 41.5 Å². The van der Waals surface area contributed by atoms with Crippen molar-refractivity contribution in [2.24, 2.45) is 0 Å². The van der Waals surface area contributed by atoms with Crippen molar-refractivity contribution < 1.29 is 22.8 Å². The summed E-state index contributed by atoms with van der Waals surface area (Å²) >= 11 is 0. The van der Waals surface area contributed by atoms with Gasteiger partial charge in [0.2, 0.25) is 0 Å². The number of aromatic nitrogens is 3. The van der Waals surface area contributed by atoms with Crippen molar-refractivity contribution in [1.82, 2.24) is 14.7 Å². The number of ether oxygens (including phenoxy) is 2. The summed E-state index contributed by atoms with van der Waals surface area (Å²) in [5, 5.41) is 4.33. The fraction of sp³-hybridized carbons (Fsp3) is 0.280. The van der Waals surface area contributed by atoms with Gasteiger partial charge in [-0.15, -0.1) is 0 Å². The maximum atomic E-state index is 13.5. The summed E-state index contributed by atoms with van der Waals surface area (Å²) in [5.41, 5.74) is 4.85. The highest BCUT2D eigenvalue weighted by atomic mass is 19.1. The van der Waals surface area contributed by atoms with Crippen LogP contribution in [0.4, 0.5) is 8.78 Å². The van der Waals surface area contributed by atoms with Gasteiger partial charge in [0.25, 0.3) is 0 Å². The van der Waals surface area contributed by atoms with Crippen LogP contribution >= 0.6 is 0 Å². The highest BCUT2D eigenvalue weighted by Gasteiger charge is 2.29. The van der Waals surface area contributed by atoms with E-state index in [0.717, 1.165) is 53.5 Å². The summed E-state index contributed by atoms with van der Waals surface area (Å²) in [6, 6.07) is 9.26. The Labute approximate surface area is 189 Å². The van der Waals surface area contributed by atoms with E-state index in [4.69, 9.17) is 14.0 Å². The number of rotatable bonds is 6. The molecule has 4 aromatic rings. The standard InChI is InChI=1S/C25H23F2N3O3/c1-15-12-30(14-28-15)21-7-6-17(10-23(21)31-2)24-20-4-3-5-22(25(20)33-29-24)32-13-16-8-18(26)11-19(27)9-16/h6-12,14,22H,3-5,13H2,1-2H3. The summed E-state index contributed by atoms with van der Waals surface area (Å²) in [7, 11) is 1.63. The number of benzene rings is 2. The molecule has 2 aromatic heterocycles. The Morgan fingerprint density at radius 1 is 1.15 bits per heavy atom. The van der Waals surface area contributed by atoms with Gasteiger partial charge in [-0.1, -0.05) is 11.2 Å². The van der Waals surface area contributed by atoms with E-state index in [1.165, 1.54) is 12.1 Å². The van der Waals surface area contributed by atoms with E-state index in [1.807, 2.05) is 35.9 Å². The maximum absolute atomic E-state index is 13.5. The number of hydrogen-bond acceptors (Lipinski definition) is 5. The molecule has 0 saturated heterocycles. The molecule has 1 aliphatic rings. The van der Waals surface area contributed by atoms with E-state index >= 15 is 0 Å². The SMILES string of the molecule is COc1cc(-c2noc3c2CCCC3OCc2cc(F)cc(F)c2)ccc1-n1cnc(C)c1. The molecule has 0 radical (unpaired) electrons. The molecule has 0 spiro atoms. The molecule has 0 N–H and O–H groups in total. The summed E-state index contributed by atoms with van der Waals surface area (Å²) in [4.78, 5) is 4.28. The van der Waals surface area contributed by atoms with E-state index in [1.54, 1.807) is 13.4 Å². The zero-order chi connectivity index (χ0) is 22.9. The van der Waals surface area contributed by atoms with Crippen LogP contribution in [0.5, 0.6) is 5.75 Å². The van der Waals surface area contributed by atoms with Gasteiger partial charge in [0.05, 0.1) is 31.4 Å². The predicted octanol–water partition coefficient (Wildman–Crippen LogP) is 5.72. The van der Waals surface area contributed by atoms with Crippen LogP contribution in [0.3, 0.4) is 0 Å². The number of imidazole rings is 1. The van der Waals surface area contributed by atoms with Gasteiger partial charge in [-0.3, -0.25) is 0 Å². The number of nitrogens with zero attached hydrogens (tertiary/aromatic N) is 3. The molecule has 6 nitrogen and oxygen atoms in total. The van der Waals surface area contributed by atoms with Crippen molar-refractivity contribution in [3.05, 3.63) is 83.1 Å². The number of fused-ring (bicyclic) bond motifs is 1.